The van der Waals surface area contributed by atoms with Gasteiger partial charge in [0.25, 0.3) is 0 Å². The number of hydrogen-bond acceptors (Lipinski definition) is 4. The second kappa shape index (κ2) is 6.06. The fourth-order valence-electron chi connectivity index (χ4n) is 1.66. The summed E-state index contributed by atoms with van der Waals surface area (Å²) < 4.78 is 22.4. The summed E-state index contributed by atoms with van der Waals surface area (Å²) in [6.45, 7) is 5.20. The number of hydrogen-bond donors (Lipinski definition) is 3. The number of nitrogens with two attached hydrogens (primary N) is 2. The molecule has 0 atom stereocenters. The van der Waals surface area contributed by atoms with Gasteiger partial charge in [0.15, 0.2) is 0 Å². The molecule has 0 aliphatic carbocycles. The normalized spacial score (nSPS) is 11.8. The van der Waals surface area contributed by atoms with Crippen LogP contribution in [0.5, 0.6) is 0 Å². The molecular formula is C12H21N3O2S. The Morgan fingerprint density at radius 3 is 2.50 bits per heavy atom. The Labute approximate surface area is 109 Å². The third-order valence-corrected chi connectivity index (χ3v) is 3.59. The van der Waals surface area contributed by atoms with Crippen molar-refractivity contribution in [2.24, 2.45) is 11.1 Å². The molecule has 0 aliphatic rings. The van der Waals surface area contributed by atoms with E-state index in [9.17, 15) is 8.42 Å². The lowest BCUT2D eigenvalue weighted by molar-refractivity contribution is 0.567. The molecule has 0 aliphatic heterocycles. The molecule has 5 N–H and O–H groups in total. The zero-order valence-electron chi connectivity index (χ0n) is 10.8. The predicted molar refractivity (Wildman–Crippen MR) is 74.8 cm³/mol. The highest BCUT2D eigenvalue weighted by Gasteiger charge is 2.11. The first kappa shape index (κ1) is 14.8. The van der Waals surface area contributed by atoms with Gasteiger partial charge in [-0.3, -0.25) is 0 Å². The molecule has 6 heteroatoms. The van der Waals surface area contributed by atoms with Gasteiger partial charge >= 0.3 is 0 Å². The van der Waals surface area contributed by atoms with E-state index in [0.29, 0.717) is 5.92 Å². The average molecular weight is 271 g/mol. The van der Waals surface area contributed by atoms with Crippen LogP contribution in [0.25, 0.3) is 0 Å². The molecule has 0 fully saturated rings. The van der Waals surface area contributed by atoms with Gasteiger partial charge in [0.1, 0.15) is 4.90 Å². The Hall–Kier alpha value is -1.27. The summed E-state index contributed by atoms with van der Waals surface area (Å²) in [5.74, 6) is 0.682. The summed E-state index contributed by atoms with van der Waals surface area (Å²) in [5, 5.41) is 8.24. The summed E-state index contributed by atoms with van der Waals surface area (Å²) in [6.07, 6.45) is 2.21. The van der Waals surface area contributed by atoms with Crippen molar-refractivity contribution in [3.63, 3.8) is 0 Å². The fourth-order valence-corrected chi connectivity index (χ4v) is 2.31. The van der Waals surface area contributed by atoms with Gasteiger partial charge in [-0.25, -0.2) is 13.6 Å². The highest BCUT2D eigenvalue weighted by Crippen LogP contribution is 2.21. The zero-order chi connectivity index (χ0) is 13.8. The number of nitrogens with one attached hydrogen (secondary N) is 1. The molecule has 0 amide bonds. The van der Waals surface area contributed by atoms with Gasteiger partial charge < -0.3 is 11.1 Å². The van der Waals surface area contributed by atoms with Crippen molar-refractivity contribution >= 4 is 21.4 Å². The molecule has 0 unspecified atom stereocenters. The van der Waals surface area contributed by atoms with E-state index >= 15 is 0 Å². The Morgan fingerprint density at radius 2 is 2.00 bits per heavy atom. The predicted octanol–water partition coefficient (Wildman–Crippen LogP) is 1.76. The monoisotopic (exact) mass is 271 g/mol. The maximum absolute atomic E-state index is 11.2. The van der Waals surface area contributed by atoms with Crippen molar-refractivity contribution in [1.82, 2.24) is 0 Å². The van der Waals surface area contributed by atoms with E-state index in [1.165, 1.54) is 6.07 Å². The van der Waals surface area contributed by atoms with Crippen LogP contribution in [0.3, 0.4) is 0 Å². The van der Waals surface area contributed by atoms with Gasteiger partial charge in [-0.2, -0.15) is 0 Å². The SMILES string of the molecule is CC(C)CCCNc1ccc(S(N)(=O)=O)c(N)c1. The molecule has 0 saturated carbocycles. The van der Waals surface area contributed by atoms with Gasteiger partial charge in [-0.15, -0.1) is 0 Å². The van der Waals surface area contributed by atoms with E-state index in [2.05, 4.69) is 19.2 Å². The van der Waals surface area contributed by atoms with Crippen LogP contribution in [0.15, 0.2) is 23.1 Å². The van der Waals surface area contributed by atoms with E-state index < -0.39 is 10.0 Å². The highest BCUT2D eigenvalue weighted by atomic mass is 32.2. The number of primary sulfonamides is 1. The van der Waals surface area contributed by atoms with Crippen LogP contribution in [-0.2, 0) is 10.0 Å². The van der Waals surface area contributed by atoms with Crippen LogP contribution in [0, 0.1) is 5.92 Å². The molecule has 1 aromatic carbocycles. The zero-order valence-corrected chi connectivity index (χ0v) is 11.6. The molecule has 0 aromatic heterocycles. The maximum atomic E-state index is 11.2. The Balaban J connectivity index is 2.63. The number of sulfonamides is 1. The van der Waals surface area contributed by atoms with Gasteiger partial charge in [-0.05, 0) is 37.0 Å². The molecule has 102 valence electrons. The van der Waals surface area contributed by atoms with Crippen LogP contribution in [-0.4, -0.2) is 15.0 Å². The largest absolute Gasteiger partial charge is 0.398 e. The van der Waals surface area contributed by atoms with E-state index in [-0.39, 0.29) is 10.6 Å². The van der Waals surface area contributed by atoms with Gasteiger partial charge in [0.05, 0.1) is 5.69 Å². The summed E-state index contributed by atoms with van der Waals surface area (Å²) >= 11 is 0. The number of nitrogen functional groups attached to an aromatic ring is 1. The summed E-state index contributed by atoms with van der Waals surface area (Å²) in [4.78, 5) is -0.0322. The molecule has 1 rings (SSSR count). The van der Waals surface area contributed by atoms with Crippen molar-refractivity contribution in [3.8, 4) is 0 Å². The summed E-state index contributed by atoms with van der Waals surface area (Å²) in [6, 6.07) is 4.69. The van der Waals surface area contributed by atoms with Crippen molar-refractivity contribution in [2.75, 3.05) is 17.6 Å². The quantitative estimate of drug-likeness (QED) is 0.542. The maximum Gasteiger partial charge on any atom is 0.240 e. The summed E-state index contributed by atoms with van der Waals surface area (Å²) in [5.41, 5.74) is 6.64. The fraction of sp³-hybridized carbons (Fsp3) is 0.500. The topological polar surface area (TPSA) is 98.2 Å². The minimum Gasteiger partial charge on any atom is -0.398 e. The Kier molecular flexibility index (Phi) is 4.98. The molecule has 0 radical (unpaired) electrons. The average Bonchev–Trinajstić information content (AvgIpc) is 2.22. The first-order valence-corrected chi connectivity index (χ1v) is 7.51. The van der Waals surface area contributed by atoms with E-state index in [0.717, 1.165) is 25.1 Å². The second-order valence-electron chi connectivity index (χ2n) is 4.76. The molecule has 5 nitrogen and oxygen atoms in total. The van der Waals surface area contributed by atoms with E-state index in [1.54, 1.807) is 12.1 Å². The third-order valence-electron chi connectivity index (χ3n) is 2.60. The van der Waals surface area contributed by atoms with Crippen LogP contribution >= 0.6 is 0 Å². The van der Waals surface area contributed by atoms with Crippen molar-refractivity contribution in [2.45, 2.75) is 31.6 Å². The first-order valence-electron chi connectivity index (χ1n) is 5.97. The lowest BCUT2D eigenvalue weighted by Crippen LogP contribution is -2.14. The molecule has 18 heavy (non-hydrogen) atoms. The third kappa shape index (κ3) is 4.54. The second-order valence-corrected chi connectivity index (χ2v) is 6.29. The lowest BCUT2D eigenvalue weighted by Gasteiger charge is -2.10. The minimum atomic E-state index is -3.74. The molecule has 0 spiro atoms. The van der Waals surface area contributed by atoms with Crippen molar-refractivity contribution in [1.29, 1.82) is 0 Å². The van der Waals surface area contributed by atoms with Crippen molar-refractivity contribution < 1.29 is 8.42 Å². The van der Waals surface area contributed by atoms with Crippen molar-refractivity contribution in [3.05, 3.63) is 18.2 Å². The van der Waals surface area contributed by atoms with Gasteiger partial charge in [0.2, 0.25) is 10.0 Å². The molecule has 0 saturated heterocycles. The van der Waals surface area contributed by atoms with Crippen LogP contribution < -0.4 is 16.2 Å². The number of benzene rings is 1. The molecule has 0 bridgehead atoms. The smallest absolute Gasteiger partial charge is 0.240 e. The number of rotatable bonds is 6. The summed E-state index contributed by atoms with van der Waals surface area (Å²) in [7, 11) is -3.74. The highest BCUT2D eigenvalue weighted by molar-refractivity contribution is 7.89. The van der Waals surface area contributed by atoms with E-state index in [1.807, 2.05) is 0 Å². The lowest BCUT2D eigenvalue weighted by atomic mass is 10.1. The van der Waals surface area contributed by atoms with Crippen LogP contribution in [0.2, 0.25) is 0 Å². The van der Waals surface area contributed by atoms with E-state index in [4.69, 9.17) is 10.9 Å². The number of anilines is 2. The van der Waals surface area contributed by atoms with Crippen LogP contribution in [0.1, 0.15) is 26.7 Å². The molecule has 1 aromatic rings. The Morgan fingerprint density at radius 1 is 1.33 bits per heavy atom. The van der Waals surface area contributed by atoms with Gasteiger partial charge in [0, 0.05) is 12.2 Å². The first-order chi connectivity index (χ1) is 8.30. The molecular weight excluding hydrogens is 250 g/mol. The van der Waals surface area contributed by atoms with Crippen LogP contribution in [0.4, 0.5) is 11.4 Å². The minimum absolute atomic E-state index is 0.0322. The van der Waals surface area contributed by atoms with Gasteiger partial charge in [-0.1, -0.05) is 13.8 Å². The molecule has 0 heterocycles. The standard InChI is InChI=1S/C12H21N3O2S/c1-9(2)4-3-7-15-10-5-6-12(11(13)8-10)18(14,16)17/h5-6,8-9,15H,3-4,7,13H2,1-2H3,(H2,14,16,17). The Bertz CT molecular complexity index is 498.